The van der Waals surface area contributed by atoms with Crippen molar-refractivity contribution in [3.8, 4) is 0 Å². The van der Waals surface area contributed by atoms with Gasteiger partial charge in [-0.1, -0.05) is 263 Å². The molecule has 2 saturated heterocycles. The number of unbranched alkanes of at least 4 members (excludes halogenated alkanes) is 23. The molecular formula is C76H127NO13. The van der Waals surface area contributed by atoms with E-state index in [9.17, 15) is 45.6 Å². The minimum absolute atomic E-state index is 0.259. The Morgan fingerprint density at radius 3 is 1.22 bits per heavy atom. The zero-order valence-electron chi connectivity index (χ0n) is 55.8. The van der Waals surface area contributed by atoms with Gasteiger partial charge in [0.05, 0.1) is 32.0 Å². The first-order chi connectivity index (χ1) is 44.1. The summed E-state index contributed by atoms with van der Waals surface area (Å²) in [6.45, 7) is 2.65. The van der Waals surface area contributed by atoms with Gasteiger partial charge in [0, 0.05) is 6.42 Å². The molecule has 2 rings (SSSR count). The summed E-state index contributed by atoms with van der Waals surface area (Å²) in [5.74, 6) is -0.260. The van der Waals surface area contributed by atoms with Crippen LogP contribution in [0, 0.1) is 0 Å². The standard InChI is InChI=1S/C76H127NO13/c1-3-5-7-9-11-13-15-17-19-21-23-24-25-26-27-28-29-30-31-32-33-34-35-36-37-38-39-40-42-44-46-48-50-52-54-56-58-60-68(81)77-64(65(80)59-57-55-53-51-49-47-45-43-41-22-20-18-16-14-12-10-8-6-4-2)63-87-75-73(86)71(84)74(67(62-79)89-75)90-76-72(85)70(83)69(82)66(61-78)88-76/h5,7,11,13,17,19,23-24,26-27,29-30,32-33,35-36,41,43,49,51,57,59,64-67,69-76,78-80,82-86H,3-4,6,8-10,12,14-16,18,20-22,25,28,31,34,37-40,42,44-48,50,52-56,58,60-63H2,1-2H3,(H,77,81)/b7-5-,13-11-,19-17-,24-23-,27-26-,30-29-,33-32-,36-35-,43-41+,51-49+,59-57+. The summed E-state index contributed by atoms with van der Waals surface area (Å²) in [5.41, 5.74) is 0. The third kappa shape index (κ3) is 42.4. The fourth-order valence-corrected chi connectivity index (χ4v) is 10.7. The van der Waals surface area contributed by atoms with Gasteiger partial charge < -0.3 is 65.1 Å². The Bertz CT molecular complexity index is 2020. The van der Waals surface area contributed by atoms with Crippen LogP contribution in [0.25, 0.3) is 0 Å². The minimum Gasteiger partial charge on any atom is -0.394 e. The number of hydrogen-bond donors (Lipinski definition) is 9. The van der Waals surface area contributed by atoms with Gasteiger partial charge in [0.25, 0.3) is 0 Å². The van der Waals surface area contributed by atoms with Crippen molar-refractivity contribution in [2.24, 2.45) is 0 Å². The van der Waals surface area contributed by atoms with Gasteiger partial charge in [0.1, 0.15) is 48.8 Å². The predicted molar refractivity (Wildman–Crippen MR) is 368 cm³/mol. The van der Waals surface area contributed by atoms with E-state index in [0.717, 1.165) is 103 Å². The van der Waals surface area contributed by atoms with Crippen molar-refractivity contribution >= 4 is 5.91 Å². The molecule has 2 aliphatic rings. The number of aliphatic hydroxyl groups is 8. The molecule has 514 valence electrons. The van der Waals surface area contributed by atoms with E-state index in [4.69, 9.17) is 18.9 Å². The van der Waals surface area contributed by atoms with Gasteiger partial charge in [-0.05, 0) is 109 Å². The van der Waals surface area contributed by atoms with E-state index in [0.29, 0.717) is 12.8 Å². The normalized spacial score (nSPS) is 23.8. The second-order valence-electron chi connectivity index (χ2n) is 24.3. The van der Waals surface area contributed by atoms with Crippen LogP contribution in [0.4, 0.5) is 0 Å². The van der Waals surface area contributed by atoms with Gasteiger partial charge in [0.2, 0.25) is 5.91 Å². The molecule has 0 bridgehead atoms. The highest BCUT2D eigenvalue weighted by atomic mass is 16.7. The van der Waals surface area contributed by atoms with Gasteiger partial charge in [-0.15, -0.1) is 0 Å². The zero-order valence-corrected chi connectivity index (χ0v) is 55.8. The minimum atomic E-state index is -1.80. The average Bonchev–Trinajstić information content (AvgIpc) is 1.58. The highest BCUT2D eigenvalue weighted by Crippen LogP contribution is 2.30. The van der Waals surface area contributed by atoms with Crippen LogP contribution in [0.1, 0.15) is 245 Å². The molecule has 1 amide bonds. The van der Waals surface area contributed by atoms with Crippen LogP contribution in [0.2, 0.25) is 0 Å². The topological polar surface area (TPSA) is 228 Å². The van der Waals surface area contributed by atoms with Crippen molar-refractivity contribution in [1.29, 1.82) is 0 Å². The third-order valence-corrected chi connectivity index (χ3v) is 16.3. The lowest BCUT2D eigenvalue weighted by Crippen LogP contribution is -2.65. The molecule has 12 atom stereocenters. The van der Waals surface area contributed by atoms with E-state index in [2.05, 4.69) is 141 Å². The number of ether oxygens (including phenoxy) is 4. The van der Waals surface area contributed by atoms with Crippen LogP contribution < -0.4 is 5.32 Å². The molecule has 0 aromatic carbocycles. The Morgan fingerprint density at radius 1 is 0.411 bits per heavy atom. The van der Waals surface area contributed by atoms with Gasteiger partial charge in [-0.2, -0.15) is 0 Å². The van der Waals surface area contributed by atoms with Crippen molar-refractivity contribution in [2.45, 2.75) is 319 Å². The van der Waals surface area contributed by atoms with Crippen LogP contribution in [0.5, 0.6) is 0 Å². The molecule has 90 heavy (non-hydrogen) atoms. The molecule has 0 saturated carbocycles. The molecular weight excluding hydrogens is 1130 g/mol. The van der Waals surface area contributed by atoms with Crippen molar-refractivity contribution in [2.75, 3.05) is 19.8 Å². The second-order valence-corrected chi connectivity index (χ2v) is 24.3. The lowest BCUT2D eigenvalue weighted by molar-refractivity contribution is -0.359. The highest BCUT2D eigenvalue weighted by molar-refractivity contribution is 5.76. The van der Waals surface area contributed by atoms with E-state index in [1.807, 2.05) is 6.08 Å². The Labute approximate surface area is 545 Å². The Morgan fingerprint density at radius 2 is 0.778 bits per heavy atom. The fourth-order valence-electron chi connectivity index (χ4n) is 10.7. The SMILES string of the molecule is CC/C=C\C/C=C\C/C=C\C/C=C\C/C=C\C/C=C\C/C=C\C/C=C\CCCCCCCCCCCCCCC(=O)NC(COC1OC(CO)C(OC2OC(CO)C(O)C(O)C2O)C(O)C1O)C(O)/C=C/CC/C=C/CC/C=C/CCCCCCCCCCC. The molecule has 12 unspecified atom stereocenters. The number of hydrogen-bond acceptors (Lipinski definition) is 13. The summed E-state index contributed by atoms with van der Waals surface area (Å²) >= 11 is 0. The summed E-state index contributed by atoms with van der Waals surface area (Å²) in [7, 11) is 0. The van der Waals surface area contributed by atoms with E-state index in [-0.39, 0.29) is 18.9 Å². The van der Waals surface area contributed by atoms with E-state index >= 15 is 0 Å². The molecule has 14 heteroatoms. The number of aliphatic hydroxyl groups excluding tert-OH is 8. The Balaban J connectivity index is 1.66. The molecule has 9 N–H and O–H groups in total. The van der Waals surface area contributed by atoms with Gasteiger partial charge >= 0.3 is 0 Å². The first kappa shape index (κ1) is 82.2. The molecule has 0 spiro atoms. The Kier molecular flexibility index (Phi) is 53.8. The van der Waals surface area contributed by atoms with Crippen LogP contribution in [-0.2, 0) is 23.7 Å². The molecule has 0 aromatic rings. The fraction of sp³-hybridized carbons (Fsp3) is 0.697. The number of amides is 1. The van der Waals surface area contributed by atoms with E-state index < -0.39 is 86.8 Å². The molecule has 0 aliphatic carbocycles. The largest absolute Gasteiger partial charge is 0.394 e. The summed E-state index contributed by atoms with van der Waals surface area (Å²) in [4.78, 5) is 13.3. The molecule has 14 nitrogen and oxygen atoms in total. The number of carbonyl (C=O) groups is 1. The monoisotopic (exact) mass is 1260 g/mol. The Hall–Kier alpha value is -3.87. The highest BCUT2D eigenvalue weighted by Gasteiger charge is 2.51. The lowest BCUT2D eigenvalue weighted by Gasteiger charge is -2.46. The van der Waals surface area contributed by atoms with Crippen LogP contribution in [0.3, 0.4) is 0 Å². The molecule has 0 radical (unpaired) electrons. The zero-order chi connectivity index (χ0) is 65.2. The predicted octanol–water partition coefficient (Wildman–Crippen LogP) is 14.7. The quantitative estimate of drug-likeness (QED) is 0.0204. The van der Waals surface area contributed by atoms with Gasteiger partial charge in [-0.25, -0.2) is 0 Å². The second kappa shape index (κ2) is 58.9. The lowest BCUT2D eigenvalue weighted by atomic mass is 9.97. The molecule has 2 aliphatic heterocycles. The maximum Gasteiger partial charge on any atom is 0.220 e. The van der Waals surface area contributed by atoms with Crippen molar-refractivity contribution < 1.29 is 64.6 Å². The summed E-state index contributed by atoms with van der Waals surface area (Å²) in [6, 6.07) is -0.948. The number of carbonyl (C=O) groups excluding carboxylic acids is 1. The van der Waals surface area contributed by atoms with Gasteiger partial charge in [-0.3, -0.25) is 4.79 Å². The smallest absolute Gasteiger partial charge is 0.220 e. The summed E-state index contributed by atoms with van der Waals surface area (Å²) < 4.78 is 22.8. The summed E-state index contributed by atoms with van der Waals surface area (Å²) in [5, 5.41) is 87.4. The van der Waals surface area contributed by atoms with Crippen LogP contribution >= 0.6 is 0 Å². The molecule has 0 aromatic heterocycles. The van der Waals surface area contributed by atoms with Crippen molar-refractivity contribution in [1.82, 2.24) is 5.32 Å². The van der Waals surface area contributed by atoms with Crippen LogP contribution in [-0.4, -0.2) is 140 Å². The van der Waals surface area contributed by atoms with E-state index in [1.165, 1.54) is 109 Å². The number of allylic oxidation sites excluding steroid dienone is 21. The maximum atomic E-state index is 13.3. The first-order valence-corrected chi connectivity index (χ1v) is 35.4. The third-order valence-electron chi connectivity index (χ3n) is 16.3. The average molecular weight is 1260 g/mol. The summed E-state index contributed by atoms with van der Waals surface area (Å²) in [6.07, 6.45) is 70.7. The molecule has 2 heterocycles. The van der Waals surface area contributed by atoms with Gasteiger partial charge in [0.15, 0.2) is 12.6 Å². The number of nitrogens with one attached hydrogen (secondary N) is 1. The van der Waals surface area contributed by atoms with Crippen LogP contribution in [0.15, 0.2) is 134 Å². The number of rotatable bonds is 56. The molecule has 2 fully saturated rings. The maximum absolute atomic E-state index is 13.3. The van der Waals surface area contributed by atoms with Crippen molar-refractivity contribution in [3.63, 3.8) is 0 Å². The first-order valence-electron chi connectivity index (χ1n) is 35.4. The van der Waals surface area contributed by atoms with E-state index in [1.54, 1.807) is 6.08 Å². The van der Waals surface area contributed by atoms with Crippen molar-refractivity contribution in [3.05, 3.63) is 134 Å².